The molecule has 0 aliphatic carbocycles. The van der Waals surface area contributed by atoms with E-state index in [1.807, 2.05) is 0 Å². The Morgan fingerprint density at radius 3 is 2.71 bits per heavy atom. The van der Waals surface area contributed by atoms with E-state index in [-0.39, 0.29) is 0 Å². The van der Waals surface area contributed by atoms with E-state index in [9.17, 15) is 13.9 Å². The molecule has 1 atom stereocenters. The van der Waals surface area contributed by atoms with Crippen molar-refractivity contribution in [2.75, 3.05) is 45.9 Å². The second-order valence-electron chi connectivity index (χ2n) is 5.20. The van der Waals surface area contributed by atoms with E-state index < -0.39 is 17.7 Å². The summed E-state index contributed by atoms with van der Waals surface area (Å²) >= 11 is 0. The van der Waals surface area contributed by atoms with E-state index in [2.05, 4.69) is 10.2 Å². The summed E-state index contributed by atoms with van der Waals surface area (Å²) in [6.45, 7) is 5.63. The van der Waals surface area contributed by atoms with Gasteiger partial charge in [0.05, 0.1) is 19.3 Å². The van der Waals surface area contributed by atoms with Crippen molar-refractivity contribution < 1.29 is 18.6 Å². The van der Waals surface area contributed by atoms with Crippen LogP contribution in [0.1, 0.15) is 18.1 Å². The molecule has 0 bridgehead atoms. The summed E-state index contributed by atoms with van der Waals surface area (Å²) in [7, 11) is 0. The van der Waals surface area contributed by atoms with Crippen molar-refractivity contribution in [1.82, 2.24) is 10.2 Å². The molecule has 1 aliphatic heterocycles. The molecule has 1 saturated heterocycles. The van der Waals surface area contributed by atoms with Gasteiger partial charge in [-0.05, 0) is 37.2 Å². The Kier molecular flexibility index (Phi) is 6.50. The predicted molar refractivity (Wildman–Crippen MR) is 76.1 cm³/mol. The fourth-order valence-corrected chi connectivity index (χ4v) is 2.33. The maximum absolute atomic E-state index is 13.1. The summed E-state index contributed by atoms with van der Waals surface area (Å²) in [6, 6.07) is 3.47. The third-order valence-corrected chi connectivity index (χ3v) is 3.60. The van der Waals surface area contributed by atoms with Crippen LogP contribution in [-0.4, -0.2) is 55.9 Å². The second kappa shape index (κ2) is 8.38. The number of morpholine rings is 1. The lowest BCUT2D eigenvalue weighted by atomic mass is 10.1. The first kappa shape index (κ1) is 16.3. The summed E-state index contributed by atoms with van der Waals surface area (Å²) in [5, 5.41) is 13.0. The molecule has 21 heavy (non-hydrogen) atoms. The van der Waals surface area contributed by atoms with Gasteiger partial charge < -0.3 is 15.2 Å². The highest BCUT2D eigenvalue weighted by molar-refractivity contribution is 5.20. The molecule has 1 unspecified atom stereocenters. The molecule has 0 saturated carbocycles. The predicted octanol–water partition coefficient (Wildman–Crippen LogP) is 1.31. The molecule has 1 fully saturated rings. The Morgan fingerprint density at radius 2 is 2.00 bits per heavy atom. The van der Waals surface area contributed by atoms with Crippen molar-refractivity contribution in [3.8, 4) is 0 Å². The standard InChI is InChI=1S/C15H22F2N2O2/c16-13-3-2-12(10-14(13)17)15(20)11-18-4-1-5-19-6-8-21-9-7-19/h2-3,10,15,18,20H,1,4-9,11H2. The minimum Gasteiger partial charge on any atom is -0.387 e. The summed E-state index contributed by atoms with van der Waals surface area (Å²) in [4.78, 5) is 2.34. The van der Waals surface area contributed by atoms with Crippen molar-refractivity contribution >= 4 is 0 Å². The van der Waals surface area contributed by atoms with Gasteiger partial charge in [0, 0.05) is 19.6 Å². The number of aliphatic hydroxyl groups is 1. The fraction of sp³-hybridized carbons (Fsp3) is 0.600. The van der Waals surface area contributed by atoms with Crippen LogP contribution in [0.25, 0.3) is 0 Å². The molecule has 4 nitrogen and oxygen atoms in total. The van der Waals surface area contributed by atoms with Crippen LogP contribution in [0.15, 0.2) is 18.2 Å². The van der Waals surface area contributed by atoms with Crippen LogP contribution >= 0.6 is 0 Å². The summed E-state index contributed by atoms with van der Waals surface area (Å²) < 4.78 is 31.1. The molecule has 0 amide bonds. The highest BCUT2D eigenvalue weighted by Crippen LogP contribution is 2.15. The number of aliphatic hydroxyl groups excluding tert-OH is 1. The third-order valence-electron chi connectivity index (χ3n) is 3.60. The molecular formula is C15H22F2N2O2. The molecule has 0 aromatic heterocycles. The number of rotatable bonds is 7. The molecule has 118 valence electrons. The van der Waals surface area contributed by atoms with Crippen LogP contribution in [0.2, 0.25) is 0 Å². The molecule has 2 rings (SSSR count). The molecule has 0 radical (unpaired) electrons. The van der Waals surface area contributed by atoms with Gasteiger partial charge in [0.25, 0.3) is 0 Å². The molecule has 1 aromatic rings. The minimum atomic E-state index is -0.932. The Hall–Kier alpha value is -1.08. The second-order valence-corrected chi connectivity index (χ2v) is 5.20. The highest BCUT2D eigenvalue weighted by Gasteiger charge is 2.11. The van der Waals surface area contributed by atoms with E-state index >= 15 is 0 Å². The zero-order valence-electron chi connectivity index (χ0n) is 12.0. The van der Waals surface area contributed by atoms with Gasteiger partial charge >= 0.3 is 0 Å². The van der Waals surface area contributed by atoms with Crippen LogP contribution in [0.5, 0.6) is 0 Å². The fourth-order valence-electron chi connectivity index (χ4n) is 2.33. The molecule has 1 heterocycles. The lowest BCUT2D eigenvalue weighted by Gasteiger charge is -2.26. The van der Waals surface area contributed by atoms with Crippen molar-refractivity contribution in [2.24, 2.45) is 0 Å². The van der Waals surface area contributed by atoms with E-state index in [4.69, 9.17) is 4.74 Å². The third kappa shape index (κ3) is 5.32. The first-order valence-electron chi connectivity index (χ1n) is 7.30. The van der Waals surface area contributed by atoms with Crippen molar-refractivity contribution in [1.29, 1.82) is 0 Å². The largest absolute Gasteiger partial charge is 0.387 e. The van der Waals surface area contributed by atoms with E-state index in [0.29, 0.717) is 12.1 Å². The molecular weight excluding hydrogens is 278 g/mol. The lowest BCUT2D eigenvalue weighted by molar-refractivity contribution is 0.0373. The van der Waals surface area contributed by atoms with Gasteiger partial charge in [0.2, 0.25) is 0 Å². The smallest absolute Gasteiger partial charge is 0.159 e. The van der Waals surface area contributed by atoms with E-state index in [1.165, 1.54) is 6.07 Å². The zero-order valence-corrected chi connectivity index (χ0v) is 12.0. The summed E-state index contributed by atoms with van der Waals surface area (Å²) in [5.74, 6) is -1.83. The number of halogens is 2. The number of hydrogen-bond acceptors (Lipinski definition) is 4. The Balaban J connectivity index is 1.62. The summed E-state index contributed by atoms with van der Waals surface area (Å²) in [5.41, 5.74) is 0.384. The highest BCUT2D eigenvalue weighted by atomic mass is 19.2. The number of hydrogen-bond donors (Lipinski definition) is 2. The zero-order chi connectivity index (χ0) is 15.1. The van der Waals surface area contributed by atoms with Gasteiger partial charge in [0.15, 0.2) is 11.6 Å². The van der Waals surface area contributed by atoms with Gasteiger partial charge in [0.1, 0.15) is 0 Å². The number of nitrogens with zero attached hydrogens (tertiary/aromatic N) is 1. The topological polar surface area (TPSA) is 44.7 Å². The Morgan fingerprint density at radius 1 is 1.24 bits per heavy atom. The van der Waals surface area contributed by atoms with Crippen LogP contribution in [0, 0.1) is 11.6 Å². The first-order valence-corrected chi connectivity index (χ1v) is 7.30. The maximum Gasteiger partial charge on any atom is 0.159 e. The first-order chi connectivity index (χ1) is 10.2. The maximum atomic E-state index is 13.1. The quantitative estimate of drug-likeness (QED) is 0.745. The van der Waals surface area contributed by atoms with Crippen LogP contribution < -0.4 is 5.32 Å². The van der Waals surface area contributed by atoms with Crippen LogP contribution in [0.3, 0.4) is 0 Å². The van der Waals surface area contributed by atoms with Gasteiger partial charge in [-0.15, -0.1) is 0 Å². The number of benzene rings is 1. The Bertz CT molecular complexity index is 440. The minimum absolute atomic E-state index is 0.328. The van der Waals surface area contributed by atoms with Gasteiger partial charge in [-0.25, -0.2) is 8.78 Å². The molecule has 1 aromatic carbocycles. The van der Waals surface area contributed by atoms with Gasteiger partial charge in [-0.3, -0.25) is 4.90 Å². The van der Waals surface area contributed by atoms with E-state index in [0.717, 1.165) is 57.9 Å². The van der Waals surface area contributed by atoms with Gasteiger partial charge in [-0.2, -0.15) is 0 Å². The average Bonchev–Trinajstić information content (AvgIpc) is 2.50. The molecule has 0 spiro atoms. The van der Waals surface area contributed by atoms with E-state index in [1.54, 1.807) is 0 Å². The van der Waals surface area contributed by atoms with Crippen molar-refractivity contribution in [3.63, 3.8) is 0 Å². The van der Waals surface area contributed by atoms with Gasteiger partial charge in [-0.1, -0.05) is 6.07 Å². The monoisotopic (exact) mass is 300 g/mol. The number of ether oxygens (including phenoxy) is 1. The SMILES string of the molecule is OC(CNCCCN1CCOCC1)c1ccc(F)c(F)c1. The van der Waals surface area contributed by atoms with Crippen LogP contribution in [0.4, 0.5) is 8.78 Å². The van der Waals surface area contributed by atoms with Crippen molar-refractivity contribution in [3.05, 3.63) is 35.4 Å². The van der Waals surface area contributed by atoms with Crippen LogP contribution in [-0.2, 0) is 4.74 Å². The summed E-state index contributed by atoms with van der Waals surface area (Å²) in [6.07, 6.45) is 0.147. The normalized spacial score (nSPS) is 17.9. The lowest BCUT2D eigenvalue weighted by Crippen LogP contribution is -2.37. The molecule has 2 N–H and O–H groups in total. The number of nitrogens with one attached hydrogen (secondary N) is 1. The average molecular weight is 300 g/mol. The molecule has 6 heteroatoms. The van der Waals surface area contributed by atoms with Crippen molar-refractivity contribution in [2.45, 2.75) is 12.5 Å². The molecule has 1 aliphatic rings. The Labute approximate surface area is 123 Å².